The van der Waals surface area contributed by atoms with Gasteiger partial charge < -0.3 is 15.0 Å². The molecule has 0 radical (unpaired) electrons. The van der Waals surface area contributed by atoms with Gasteiger partial charge in [-0.25, -0.2) is 13.2 Å². The SMILES string of the molecule is COc1ccc([C@H](CN2C(=O)N[C@@H]3CS(=O)(=O)C[C@@H]32)N2CCCC2)cc1. The van der Waals surface area contributed by atoms with Gasteiger partial charge in [0, 0.05) is 6.54 Å². The molecule has 0 aliphatic carbocycles. The number of amides is 2. The summed E-state index contributed by atoms with van der Waals surface area (Å²) < 4.78 is 29.2. The highest BCUT2D eigenvalue weighted by molar-refractivity contribution is 7.91. The van der Waals surface area contributed by atoms with E-state index in [1.807, 2.05) is 24.3 Å². The Morgan fingerprint density at radius 3 is 2.54 bits per heavy atom. The van der Waals surface area contributed by atoms with E-state index in [2.05, 4.69) is 10.2 Å². The van der Waals surface area contributed by atoms with Gasteiger partial charge in [0.15, 0.2) is 9.84 Å². The van der Waals surface area contributed by atoms with Gasteiger partial charge in [-0.2, -0.15) is 0 Å². The number of nitrogens with one attached hydrogen (secondary N) is 1. The molecule has 1 N–H and O–H groups in total. The maximum absolute atomic E-state index is 12.5. The molecule has 0 saturated carbocycles. The van der Waals surface area contributed by atoms with E-state index < -0.39 is 9.84 Å². The molecule has 0 unspecified atom stereocenters. The smallest absolute Gasteiger partial charge is 0.318 e. The number of sulfone groups is 1. The molecule has 0 spiro atoms. The van der Waals surface area contributed by atoms with Crippen LogP contribution in [0.5, 0.6) is 5.75 Å². The van der Waals surface area contributed by atoms with Crippen molar-refractivity contribution in [3.05, 3.63) is 29.8 Å². The summed E-state index contributed by atoms with van der Waals surface area (Å²) >= 11 is 0. The molecule has 3 aliphatic heterocycles. The van der Waals surface area contributed by atoms with Gasteiger partial charge in [-0.3, -0.25) is 4.90 Å². The summed E-state index contributed by atoms with van der Waals surface area (Å²) in [4.78, 5) is 16.6. The molecule has 1 aromatic rings. The lowest BCUT2D eigenvalue weighted by molar-refractivity contribution is 0.160. The number of methoxy groups -OCH3 is 1. The Labute approximate surface area is 154 Å². The third-order valence-corrected chi connectivity index (χ3v) is 7.46. The number of ether oxygens (including phenoxy) is 1. The number of benzene rings is 1. The molecule has 8 heteroatoms. The summed E-state index contributed by atoms with van der Waals surface area (Å²) in [5.41, 5.74) is 1.13. The highest BCUT2D eigenvalue weighted by Crippen LogP contribution is 2.31. The highest BCUT2D eigenvalue weighted by atomic mass is 32.2. The van der Waals surface area contributed by atoms with Gasteiger partial charge in [0.05, 0.1) is 36.7 Å². The fraction of sp³-hybridized carbons (Fsp3) is 0.611. The molecular weight excluding hydrogens is 354 g/mol. The number of hydrogen-bond acceptors (Lipinski definition) is 5. The standard InChI is InChI=1S/C18H25N3O4S/c1-25-14-6-4-13(5-7-14)16(20-8-2-3-9-20)10-21-17-12-26(23,24)11-15(17)19-18(21)22/h4-7,15-17H,2-3,8-12H2,1H3,(H,19,22)/t15-,16+,17+/m1/s1. The normalized spacial score (nSPS) is 28.8. The van der Waals surface area contributed by atoms with Crippen LogP contribution in [0.25, 0.3) is 0 Å². The minimum atomic E-state index is -3.08. The summed E-state index contributed by atoms with van der Waals surface area (Å²) in [5.74, 6) is 0.914. The molecule has 3 atom stereocenters. The van der Waals surface area contributed by atoms with Crippen molar-refractivity contribution in [1.29, 1.82) is 0 Å². The Kier molecular flexibility index (Phi) is 4.56. The van der Waals surface area contributed by atoms with Crippen molar-refractivity contribution in [1.82, 2.24) is 15.1 Å². The zero-order chi connectivity index (χ0) is 18.3. The average Bonchev–Trinajstić information content (AvgIpc) is 3.29. The van der Waals surface area contributed by atoms with Crippen LogP contribution in [0.2, 0.25) is 0 Å². The summed E-state index contributed by atoms with van der Waals surface area (Å²) in [6.07, 6.45) is 2.30. The second kappa shape index (κ2) is 6.74. The Balaban J connectivity index is 1.59. The minimum absolute atomic E-state index is 0.0524. The van der Waals surface area contributed by atoms with E-state index in [0.29, 0.717) is 6.54 Å². The minimum Gasteiger partial charge on any atom is -0.497 e. The quantitative estimate of drug-likeness (QED) is 0.773. The van der Waals surface area contributed by atoms with Crippen LogP contribution >= 0.6 is 0 Å². The van der Waals surface area contributed by atoms with E-state index in [4.69, 9.17) is 4.74 Å². The van der Waals surface area contributed by atoms with E-state index in [1.165, 1.54) is 0 Å². The Morgan fingerprint density at radius 2 is 1.88 bits per heavy atom. The number of fused-ring (bicyclic) bond motifs is 1. The zero-order valence-corrected chi connectivity index (χ0v) is 15.7. The number of carbonyl (C=O) groups excluding carboxylic acids is 1. The molecule has 3 fully saturated rings. The van der Waals surface area contributed by atoms with E-state index in [-0.39, 0.29) is 35.7 Å². The second-order valence-corrected chi connectivity index (χ2v) is 9.54. The van der Waals surface area contributed by atoms with Crippen molar-refractivity contribution in [2.75, 3.05) is 38.2 Å². The van der Waals surface area contributed by atoms with Crippen LogP contribution < -0.4 is 10.1 Å². The molecule has 26 heavy (non-hydrogen) atoms. The molecule has 1 aromatic carbocycles. The van der Waals surface area contributed by atoms with Crippen LogP contribution in [-0.2, 0) is 9.84 Å². The summed E-state index contributed by atoms with van der Waals surface area (Å²) in [6, 6.07) is 7.34. The maximum atomic E-state index is 12.5. The molecule has 0 aromatic heterocycles. The van der Waals surface area contributed by atoms with E-state index in [9.17, 15) is 13.2 Å². The van der Waals surface area contributed by atoms with Crippen molar-refractivity contribution in [2.24, 2.45) is 0 Å². The Bertz CT molecular complexity index is 774. The zero-order valence-electron chi connectivity index (χ0n) is 14.9. The number of rotatable bonds is 5. The lowest BCUT2D eigenvalue weighted by atomic mass is 10.0. The van der Waals surface area contributed by atoms with Gasteiger partial charge in [-0.05, 0) is 43.6 Å². The average molecular weight is 379 g/mol. The second-order valence-electron chi connectivity index (χ2n) is 7.38. The van der Waals surface area contributed by atoms with Crippen LogP contribution in [0.1, 0.15) is 24.4 Å². The lowest BCUT2D eigenvalue weighted by Gasteiger charge is -2.33. The van der Waals surface area contributed by atoms with Gasteiger partial charge in [0.1, 0.15) is 5.75 Å². The molecule has 3 saturated heterocycles. The molecule has 4 rings (SSSR count). The largest absolute Gasteiger partial charge is 0.497 e. The van der Waals surface area contributed by atoms with Gasteiger partial charge in [-0.1, -0.05) is 12.1 Å². The molecule has 142 valence electrons. The number of likely N-dealkylation sites (tertiary alicyclic amines) is 1. The van der Waals surface area contributed by atoms with Gasteiger partial charge in [0.2, 0.25) is 0 Å². The fourth-order valence-electron chi connectivity index (χ4n) is 4.38. The van der Waals surface area contributed by atoms with Crippen molar-refractivity contribution in [3.63, 3.8) is 0 Å². The number of urea groups is 1. The van der Waals surface area contributed by atoms with Gasteiger partial charge in [-0.15, -0.1) is 0 Å². The van der Waals surface area contributed by atoms with Gasteiger partial charge in [0.25, 0.3) is 0 Å². The van der Waals surface area contributed by atoms with Crippen molar-refractivity contribution in [2.45, 2.75) is 31.0 Å². The van der Waals surface area contributed by atoms with Crippen LogP contribution in [0.4, 0.5) is 4.79 Å². The number of hydrogen-bond donors (Lipinski definition) is 1. The van der Waals surface area contributed by atoms with Crippen LogP contribution in [-0.4, -0.2) is 74.6 Å². The third kappa shape index (κ3) is 3.27. The molecule has 3 heterocycles. The summed E-state index contributed by atoms with van der Waals surface area (Å²) in [7, 11) is -1.44. The first-order chi connectivity index (χ1) is 12.5. The molecular formula is C18H25N3O4S. The van der Waals surface area contributed by atoms with Crippen molar-refractivity contribution in [3.8, 4) is 5.75 Å². The van der Waals surface area contributed by atoms with Gasteiger partial charge >= 0.3 is 6.03 Å². The fourth-order valence-corrected chi connectivity index (χ4v) is 6.30. The van der Waals surface area contributed by atoms with Crippen LogP contribution in [0, 0.1) is 0 Å². The number of nitrogens with zero attached hydrogens (tertiary/aromatic N) is 2. The maximum Gasteiger partial charge on any atom is 0.318 e. The Morgan fingerprint density at radius 1 is 1.19 bits per heavy atom. The predicted octanol–water partition coefficient (Wildman–Crippen LogP) is 1.02. The monoisotopic (exact) mass is 379 g/mol. The van der Waals surface area contributed by atoms with Crippen molar-refractivity contribution < 1.29 is 17.9 Å². The summed E-state index contributed by atoms with van der Waals surface area (Å²) in [6.45, 7) is 2.51. The van der Waals surface area contributed by atoms with Crippen molar-refractivity contribution >= 4 is 15.9 Å². The number of carbonyl (C=O) groups is 1. The van der Waals surface area contributed by atoms with Crippen LogP contribution in [0.15, 0.2) is 24.3 Å². The van der Waals surface area contributed by atoms with E-state index in [1.54, 1.807) is 12.0 Å². The summed E-state index contributed by atoms with van der Waals surface area (Å²) in [5, 5.41) is 2.86. The van der Waals surface area contributed by atoms with E-state index >= 15 is 0 Å². The molecule has 3 aliphatic rings. The van der Waals surface area contributed by atoms with E-state index in [0.717, 1.165) is 37.2 Å². The predicted molar refractivity (Wildman–Crippen MR) is 98.0 cm³/mol. The topological polar surface area (TPSA) is 79.0 Å². The molecule has 2 amide bonds. The highest BCUT2D eigenvalue weighted by Gasteiger charge is 2.49. The Hall–Kier alpha value is -1.80. The molecule has 0 bridgehead atoms. The lowest BCUT2D eigenvalue weighted by Crippen LogP contribution is -2.43. The first-order valence-corrected chi connectivity index (χ1v) is 10.9. The molecule has 7 nitrogen and oxygen atoms in total. The van der Waals surface area contributed by atoms with Crippen LogP contribution in [0.3, 0.4) is 0 Å². The third-order valence-electron chi connectivity index (χ3n) is 5.74. The first kappa shape index (κ1) is 17.6. The first-order valence-electron chi connectivity index (χ1n) is 9.12.